The van der Waals surface area contributed by atoms with Gasteiger partial charge >= 0.3 is 6.09 Å². The molecule has 0 spiro atoms. The van der Waals surface area contributed by atoms with Gasteiger partial charge in [-0.15, -0.1) is 24.0 Å². The molecule has 1 aliphatic rings. The number of carbonyl (C=O) groups is 1. The summed E-state index contributed by atoms with van der Waals surface area (Å²) in [5.74, 6) is 0.419. The number of hydrogen-bond donors (Lipinski definition) is 2. The Labute approximate surface area is 173 Å². The molecule has 7 heteroatoms. The molecule has 0 aromatic heterocycles. The normalized spacial score (nSPS) is 17.2. The summed E-state index contributed by atoms with van der Waals surface area (Å²) in [5.41, 5.74) is 6.49. The van der Waals surface area contributed by atoms with Gasteiger partial charge in [0.25, 0.3) is 0 Å². The summed E-state index contributed by atoms with van der Waals surface area (Å²) in [6, 6.07) is 9.75. The molecule has 6 nitrogen and oxygen atoms in total. The van der Waals surface area contributed by atoms with Crippen molar-refractivity contribution in [2.45, 2.75) is 46.1 Å². The molecule has 0 aliphatic carbocycles. The number of amides is 1. The molecule has 1 heterocycles. The minimum Gasteiger partial charge on any atom is -0.444 e. The zero-order valence-electron chi connectivity index (χ0n) is 16.1. The summed E-state index contributed by atoms with van der Waals surface area (Å²) in [6.45, 7) is 9.86. The number of aliphatic imine (C=N–C) groups is 1. The SMILES string of the molecule is CC1(CN=C(N)Nc2ccccc2)CCN(C(=O)OC(C)(C)C)CC1.I. The van der Waals surface area contributed by atoms with Gasteiger partial charge in [0, 0.05) is 25.3 Å². The highest BCUT2D eigenvalue weighted by Gasteiger charge is 2.33. The summed E-state index contributed by atoms with van der Waals surface area (Å²) in [4.78, 5) is 18.4. The zero-order valence-corrected chi connectivity index (χ0v) is 18.4. The second-order valence-corrected chi connectivity index (χ2v) is 7.97. The summed E-state index contributed by atoms with van der Waals surface area (Å²) in [5, 5.41) is 3.09. The molecule has 2 rings (SSSR count). The predicted octanol–water partition coefficient (Wildman–Crippen LogP) is 4.07. The molecule has 1 fully saturated rings. The van der Waals surface area contributed by atoms with Crippen molar-refractivity contribution in [1.29, 1.82) is 0 Å². The number of likely N-dealkylation sites (tertiary alicyclic amines) is 1. The standard InChI is InChI=1S/C19H30N4O2.HI/c1-18(2,3)25-17(24)23-12-10-19(4,11-13-23)14-21-16(20)22-15-8-6-5-7-9-15;/h5-9H,10-14H2,1-4H3,(H3,20,21,22);1H. The average Bonchev–Trinajstić information content (AvgIpc) is 2.53. The van der Waals surface area contributed by atoms with Crippen molar-refractivity contribution in [3.8, 4) is 0 Å². The number of rotatable bonds is 3. The highest BCUT2D eigenvalue weighted by molar-refractivity contribution is 14.0. The van der Waals surface area contributed by atoms with Crippen LogP contribution in [0.2, 0.25) is 0 Å². The maximum absolute atomic E-state index is 12.1. The van der Waals surface area contributed by atoms with Crippen molar-refractivity contribution < 1.29 is 9.53 Å². The molecule has 0 bridgehead atoms. The summed E-state index contributed by atoms with van der Waals surface area (Å²) in [6.07, 6.45) is 1.53. The lowest BCUT2D eigenvalue weighted by atomic mass is 9.80. The van der Waals surface area contributed by atoms with Gasteiger partial charge in [0.2, 0.25) is 0 Å². The third kappa shape index (κ3) is 7.39. The van der Waals surface area contributed by atoms with E-state index in [1.807, 2.05) is 51.1 Å². The Morgan fingerprint density at radius 2 is 1.85 bits per heavy atom. The van der Waals surface area contributed by atoms with Crippen LogP contribution in [0.15, 0.2) is 35.3 Å². The Kier molecular flexibility index (Phi) is 8.17. The molecule has 0 unspecified atom stereocenters. The van der Waals surface area contributed by atoms with E-state index in [9.17, 15) is 4.79 Å². The second-order valence-electron chi connectivity index (χ2n) is 7.97. The van der Waals surface area contributed by atoms with Gasteiger partial charge in [-0.3, -0.25) is 4.99 Å². The average molecular weight is 474 g/mol. The van der Waals surface area contributed by atoms with Crippen LogP contribution in [0.3, 0.4) is 0 Å². The van der Waals surface area contributed by atoms with Crippen molar-refractivity contribution >= 4 is 41.7 Å². The number of piperidine rings is 1. The van der Waals surface area contributed by atoms with Crippen LogP contribution in [0.5, 0.6) is 0 Å². The Morgan fingerprint density at radius 3 is 2.38 bits per heavy atom. The van der Waals surface area contributed by atoms with Gasteiger partial charge in [0.05, 0.1) is 0 Å². The lowest BCUT2D eigenvalue weighted by Gasteiger charge is -2.38. The summed E-state index contributed by atoms with van der Waals surface area (Å²) in [7, 11) is 0. The molecule has 1 aliphatic heterocycles. The molecule has 146 valence electrons. The van der Waals surface area contributed by atoms with Crippen LogP contribution in [0.4, 0.5) is 10.5 Å². The lowest BCUT2D eigenvalue weighted by Crippen LogP contribution is -2.45. The highest BCUT2D eigenvalue weighted by atomic mass is 127. The zero-order chi connectivity index (χ0) is 18.5. The van der Waals surface area contributed by atoms with Gasteiger partial charge < -0.3 is 20.7 Å². The van der Waals surface area contributed by atoms with Gasteiger partial charge in [0.1, 0.15) is 5.60 Å². The molecule has 0 radical (unpaired) electrons. The molecule has 1 aromatic rings. The molecule has 26 heavy (non-hydrogen) atoms. The smallest absolute Gasteiger partial charge is 0.410 e. The predicted molar refractivity (Wildman–Crippen MR) is 117 cm³/mol. The van der Waals surface area contributed by atoms with Crippen LogP contribution >= 0.6 is 24.0 Å². The molecule has 1 saturated heterocycles. The molecule has 3 N–H and O–H groups in total. The first-order valence-corrected chi connectivity index (χ1v) is 8.77. The molecule has 0 saturated carbocycles. The van der Waals surface area contributed by atoms with Crippen molar-refractivity contribution in [2.75, 3.05) is 25.0 Å². The maximum Gasteiger partial charge on any atom is 0.410 e. The minimum absolute atomic E-state index is 0. The largest absolute Gasteiger partial charge is 0.444 e. The second kappa shape index (κ2) is 9.43. The van der Waals surface area contributed by atoms with E-state index >= 15 is 0 Å². The molecular formula is C19H31IN4O2. The van der Waals surface area contributed by atoms with Crippen LogP contribution in [-0.2, 0) is 4.74 Å². The number of guanidine groups is 1. The Bertz CT molecular complexity index is 606. The fourth-order valence-electron chi connectivity index (χ4n) is 2.70. The summed E-state index contributed by atoms with van der Waals surface area (Å²) < 4.78 is 5.44. The Balaban J connectivity index is 0.00000338. The van der Waals surface area contributed by atoms with Crippen LogP contribution in [-0.4, -0.2) is 42.2 Å². The number of hydrogen-bond acceptors (Lipinski definition) is 3. The molecule has 1 aromatic carbocycles. The number of nitrogens with two attached hydrogens (primary N) is 1. The van der Waals surface area contributed by atoms with Gasteiger partial charge in [-0.1, -0.05) is 25.1 Å². The maximum atomic E-state index is 12.1. The van der Waals surface area contributed by atoms with Gasteiger partial charge in [-0.05, 0) is 51.2 Å². The van der Waals surface area contributed by atoms with Crippen LogP contribution in [0.25, 0.3) is 0 Å². The van der Waals surface area contributed by atoms with Crippen molar-refractivity contribution in [3.05, 3.63) is 30.3 Å². The van der Waals surface area contributed by atoms with E-state index < -0.39 is 5.60 Å². The Morgan fingerprint density at radius 1 is 1.27 bits per heavy atom. The first kappa shape index (κ1) is 22.5. The third-order valence-corrected chi connectivity index (χ3v) is 4.30. The minimum atomic E-state index is -0.459. The van der Waals surface area contributed by atoms with E-state index in [-0.39, 0.29) is 35.5 Å². The number of nitrogens with one attached hydrogen (secondary N) is 1. The third-order valence-electron chi connectivity index (χ3n) is 4.30. The van der Waals surface area contributed by atoms with Crippen LogP contribution in [0.1, 0.15) is 40.5 Å². The fourth-order valence-corrected chi connectivity index (χ4v) is 2.70. The lowest BCUT2D eigenvalue weighted by molar-refractivity contribution is 0.0127. The number of benzene rings is 1. The Hall–Kier alpha value is -1.51. The van der Waals surface area contributed by atoms with Crippen molar-refractivity contribution in [3.63, 3.8) is 0 Å². The quantitative estimate of drug-likeness (QED) is 0.393. The topological polar surface area (TPSA) is 80.0 Å². The van der Waals surface area contributed by atoms with Crippen molar-refractivity contribution in [2.24, 2.45) is 16.1 Å². The van der Waals surface area contributed by atoms with Crippen LogP contribution < -0.4 is 11.1 Å². The van der Waals surface area contributed by atoms with E-state index in [1.54, 1.807) is 4.90 Å². The number of carbonyl (C=O) groups excluding carboxylic acids is 1. The van der Waals surface area contributed by atoms with E-state index in [4.69, 9.17) is 10.5 Å². The molecule has 0 atom stereocenters. The highest BCUT2D eigenvalue weighted by Crippen LogP contribution is 2.31. The van der Waals surface area contributed by atoms with E-state index in [0.29, 0.717) is 25.6 Å². The molecule has 1 amide bonds. The monoisotopic (exact) mass is 474 g/mol. The van der Waals surface area contributed by atoms with Gasteiger partial charge in [-0.2, -0.15) is 0 Å². The van der Waals surface area contributed by atoms with Crippen LogP contribution in [0, 0.1) is 5.41 Å². The molecular weight excluding hydrogens is 443 g/mol. The number of halogens is 1. The first-order valence-electron chi connectivity index (χ1n) is 8.77. The number of ether oxygens (including phenoxy) is 1. The van der Waals surface area contributed by atoms with E-state index in [0.717, 1.165) is 18.5 Å². The van der Waals surface area contributed by atoms with E-state index in [1.165, 1.54) is 0 Å². The van der Waals surface area contributed by atoms with Gasteiger partial charge in [0.15, 0.2) is 5.96 Å². The number of anilines is 1. The van der Waals surface area contributed by atoms with E-state index in [2.05, 4.69) is 17.2 Å². The number of para-hydroxylation sites is 1. The van der Waals surface area contributed by atoms with Crippen molar-refractivity contribution in [1.82, 2.24) is 4.90 Å². The van der Waals surface area contributed by atoms with Gasteiger partial charge in [-0.25, -0.2) is 4.79 Å². The first-order chi connectivity index (χ1) is 11.7. The number of nitrogens with zero attached hydrogens (tertiary/aromatic N) is 2. The fraction of sp³-hybridized carbons (Fsp3) is 0.579. The summed E-state index contributed by atoms with van der Waals surface area (Å²) >= 11 is 0.